The molecular formula is C19H31N3O2. The predicted molar refractivity (Wildman–Crippen MR) is 97.5 cm³/mol. The van der Waals surface area contributed by atoms with Crippen LogP contribution in [0.25, 0.3) is 0 Å². The number of benzene rings is 1. The van der Waals surface area contributed by atoms with Crippen LogP contribution in [0, 0.1) is 13.8 Å². The number of hydrogen-bond donors (Lipinski definition) is 1. The minimum atomic E-state index is -0.747. The molecule has 0 amide bonds. The van der Waals surface area contributed by atoms with Gasteiger partial charge in [-0.25, -0.2) is 0 Å². The van der Waals surface area contributed by atoms with E-state index in [2.05, 4.69) is 34.9 Å². The zero-order chi connectivity index (χ0) is 17.7. The van der Waals surface area contributed by atoms with Crippen molar-refractivity contribution in [1.29, 1.82) is 0 Å². The molecule has 1 aliphatic rings. The summed E-state index contributed by atoms with van der Waals surface area (Å²) in [5.41, 5.74) is 3.16. The molecule has 0 aliphatic carbocycles. The van der Waals surface area contributed by atoms with Crippen molar-refractivity contribution in [3.63, 3.8) is 0 Å². The van der Waals surface area contributed by atoms with Crippen molar-refractivity contribution in [2.75, 3.05) is 53.4 Å². The van der Waals surface area contributed by atoms with Crippen molar-refractivity contribution in [2.24, 2.45) is 0 Å². The molecule has 0 unspecified atom stereocenters. The van der Waals surface area contributed by atoms with Gasteiger partial charge in [-0.05, 0) is 58.6 Å². The van der Waals surface area contributed by atoms with E-state index in [1.54, 1.807) is 0 Å². The fourth-order valence-electron chi connectivity index (χ4n) is 3.47. The molecule has 0 aromatic heterocycles. The summed E-state index contributed by atoms with van der Waals surface area (Å²) in [7, 11) is 4.19. The Hall–Kier alpha value is -1.43. The Morgan fingerprint density at radius 2 is 1.88 bits per heavy atom. The number of carbonyl (C=O) groups is 1. The van der Waals surface area contributed by atoms with Crippen molar-refractivity contribution >= 4 is 5.97 Å². The van der Waals surface area contributed by atoms with Gasteiger partial charge in [0.05, 0.1) is 0 Å². The molecule has 0 spiro atoms. The van der Waals surface area contributed by atoms with Gasteiger partial charge in [0.2, 0.25) is 0 Å². The standard InChI is InChI=1S/C19H31N3O2/c1-15-6-7-17(16(2)14-15)18(19(23)24)22-12-10-21(11-13-22)9-5-8-20(3)4/h6-7,14,18H,5,8-13H2,1-4H3,(H,23,24)/t18-/m1/s1. The second kappa shape index (κ2) is 8.60. The van der Waals surface area contributed by atoms with E-state index in [0.29, 0.717) is 0 Å². The lowest BCUT2D eigenvalue weighted by atomic mass is 9.97. The Bertz CT molecular complexity index is 552. The van der Waals surface area contributed by atoms with Gasteiger partial charge in [-0.1, -0.05) is 23.8 Å². The SMILES string of the molecule is Cc1ccc([C@H](C(=O)O)N2CCN(CCCN(C)C)CC2)c(C)c1. The van der Waals surface area contributed by atoms with E-state index in [1.165, 1.54) is 5.56 Å². The van der Waals surface area contributed by atoms with Crippen molar-refractivity contribution in [3.05, 3.63) is 34.9 Å². The number of rotatable bonds is 7. The molecule has 1 aromatic rings. The minimum Gasteiger partial charge on any atom is -0.480 e. The molecule has 1 aliphatic heterocycles. The second-order valence-corrected chi connectivity index (χ2v) is 7.14. The topological polar surface area (TPSA) is 47.0 Å². The predicted octanol–water partition coefficient (Wildman–Crippen LogP) is 2.00. The van der Waals surface area contributed by atoms with E-state index in [9.17, 15) is 9.90 Å². The van der Waals surface area contributed by atoms with Crippen LogP contribution in [0.5, 0.6) is 0 Å². The molecule has 5 heteroatoms. The lowest BCUT2D eigenvalue weighted by molar-refractivity contribution is -0.144. The molecule has 0 saturated carbocycles. The van der Waals surface area contributed by atoms with Crippen LogP contribution in [0.15, 0.2) is 18.2 Å². The molecule has 1 heterocycles. The quantitative estimate of drug-likeness (QED) is 0.827. The molecular weight excluding hydrogens is 302 g/mol. The van der Waals surface area contributed by atoms with Crippen LogP contribution in [-0.4, -0.2) is 79.1 Å². The van der Waals surface area contributed by atoms with Crippen molar-refractivity contribution in [3.8, 4) is 0 Å². The number of carboxylic acids is 1. The van der Waals surface area contributed by atoms with E-state index in [4.69, 9.17) is 0 Å². The van der Waals surface area contributed by atoms with Crippen LogP contribution in [0.2, 0.25) is 0 Å². The first-order chi connectivity index (χ1) is 11.4. The minimum absolute atomic E-state index is 0.533. The van der Waals surface area contributed by atoms with E-state index in [0.717, 1.165) is 56.8 Å². The second-order valence-electron chi connectivity index (χ2n) is 7.14. The Kier molecular flexibility index (Phi) is 6.78. The lowest BCUT2D eigenvalue weighted by Gasteiger charge is -2.38. The maximum atomic E-state index is 11.9. The number of nitrogens with zero attached hydrogens (tertiary/aromatic N) is 3. The molecule has 1 atom stereocenters. The van der Waals surface area contributed by atoms with Gasteiger partial charge < -0.3 is 14.9 Å². The lowest BCUT2D eigenvalue weighted by Crippen LogP contribution is -2.49. The molecule has 1 saturated heterocycles. The normalized spacial score (nSPS) is 18.0. The molecule has 1 fully saturated rings. The number of aryl methyl sites for hydroxylation is 2. The number of carboxylic acid groups (broad SMARTS) is 1. The zero-order valence-electron chi connectivity index (χ0n) is 15.5. The summed E-state index contributed by atoms with van der Waals surface area (Å²) in [6, 6.07) is 5.53. The average molecular weight is 333 g/mol. The summed E-state index contributed by atoms with van der Waals surface area (Å²) in [5, 5.41) is 9.78. The first kappa shape index (κ1) is 18.9. The number of aliphatic carboxylic acids is 1. The fourth-order valence-corrected chi connectivity index (χ4v) is 3.47. The summed E-state index contributed by atoms with van der Waals surface area (Å²) >= 11 is 0. The van der Waals surface area contributed by atoms with Gasteiger partial charge >= 0.3 is 5.97 Å². The maximum absolute atomic E-state index is 11.9. The van der Waals surface area contributed by atoms with Gasteiger partial charge in [0.1, 0.15) is 6.04 Å². The van der Waals surface area contributed by atoms with Crippen LogP contribution >= 0.6 is 0 Å². The van der Waals surface area contributed by atoms with E-state index >= 15 is 0 Å². The molecule has 0 radical (unpaired) electrons. The summed E-state index contributed by atoms with van der Waals surface area (Å²) < 4.78 is 0. The molecule has 2 rings (SSSR count). The van der Waals surface area contributed by atoms with Crippen molar-refractivity contribution in [1.82, 2.24) is 14.7 Å². The van der Waals surface area contributed by atoms with E-state index < -0.39 is 12.0 Å². The van der Waals surface area contributed by atoms with Crippen molar-refractivity contribution in [2.45, 2.75) is 26.3 Å². The average Bonchev–Trinajstić information content (AvgIpc) is 2.50. The van der Waals surface area contributed by atoms with Crippen LogP contribution < -0.4 is 0 Å². The Morgan fingerprint density at radius 1 is 1.21 bits per heavy atom. The van der Waals surface area contributed by atoms with E-state index in [-0.39, 0.29) is 0 Å². The third-order valence-electron chi connectivity index (χ3n) is 4.81. The molecule has 1 aromatic carbocycles. The summed E-state index contributed by atoms with van der Waals surface area (Å²) in [6.45, 7) is 9.76. The zero-order valence-corrected chi connectivity index (χ0v) is 15.5. The molecule has 5 nitrogen and oxygen atoms in total. The van der Waals surface area contributed by atoms with Gasteiger partial charge in [0.25, 0.3) is 0 Å². The molecule has 24 heavy (non-hydrogen) atoms. The van der Waals surface area contributed by atoms with Gasteiger partial charge in [-0.2, -0.15) is 0 Å². The first-order valence-electron chi connectivity index (χ1n) is 8.79. The molecule has 0 bridgehead atoms. The van der Waals surface area contributed by atoms with Crippen LogP contribution in [-0.2, 0) is 4.79 Å². The summed E-state index contributed by atoms with van der Waals surface area (Å²) in [4.78, 5) is 18.7. The largest absolute Gasteiger partial charge is 0.480 e. The summed E-state index contributed by atoms with van der Waals surface area (Å²) in [6.07, 6.45) is 1.16. The van der Waals surface area contributed by atoms with Crippen LogP contribution in [0.4, 0.5) is 0 Å². The highest BCUT2D eigenvalue weighted by atomic mass is 16.4. The van der Waals surface area contributed by atoms with Crippen molar-refractivity contribution < 1.29 is 9.90 Å². The molecule has 134 valence electrons. The third kappa shape index (κ3) is 5.03. The highest BCUT2D eigenvalue weighted by Crippen LogP contribution is 2.26. The highest BCUT2D eigenvalue weighted by molar-refractivity contribution is 5.76. The van der Waals surface area contributed by atoms with Crippen LogP contribution in [0.1, 0.15) is 29.2 Å². The number of piperazine rings is 1. The Balaban J connectivity index is 1.98. The maximum Gasteiger partial charge on any atom is 0.325 e. The third-order valence-corrected chi connectivity index (χ3v) is 4.81. The van der Waals surface area contributed by atoms with Gasteiger partial charge in [0.15, 0.2) is 0 Å². The smallest absolute Gasteiger partial charge is 0.325 e. The van der Waals surface area contributed by atoms with Gasteiger partial charge in [-0.3, -0.25) is 9.69 Å². The molecule has 1 N–H and O–H groups in total. The summed E-state index contributed by atoms with van der Waals surface area (Å²) in [5.74, 6) is -0.747. The highest BCUT2D eigenvalue weighted by Gasteiger charge is 2.31. The number of hydrogen-bond acceptors (Lipinski definition) is 4. The van der Waals surface area contributed by atoms with E-state index in [1.807, 2.05) is 26.0 Å². The Morgan fingerprint density at radius 3 is 2.42 bits per heavy atom. The van der Waals surface area contributed by atoms with Gasteiger partial charge in [0, 0.05) is 26.2 Å². The fraction of sp³-hybridized carbons (Fsp3) is 0.632. The van der Waals surface area contributed by atoms with Crippen LogP contribution in [0.3, 0.4) is 0 Å². The Labute approximate surface area is 145 Å². The first-order valence-corrected chi connectivity index (χ1v) is 8.79. The monoisotopic (exact) mass is 333 g/mol. The van der Waals surface area contributed by atoms with Gasteiger partial charge in [-0.15, -0.1) is 0 Å².